The second kappa shape index (κ2) is 3.83. The van der Waals surface area contributed by atoms with E-state index in [1.807, 2.05) is 0 Å². The van der Waals surface area contributed by atoms with E-state index in [1.165, 1.54) is 16.8 Å². The third-order valence-corrected chi connectivity index (χ3v) is 2.82. The average Bonchev–Trinajstić information content (AvgIpc) is 2.53. The lowest BCUT2D eigenvalue weighted by atomic mass is 10.3. The van der Waals surface area contributed by atoms with Crippen molar-refractivity contribution in [2.75, 3.05) is 5.73 Å². The van der Waals surface area contributed by atoms with E-state index in [1.54, 1.807) is 12.3 Å². The molecule has 0 saturated heterocycles. The van der Waals surface area contributed by atoms with Crippen LogP contribution in [0.5, 0.6) is 0 Å². The summed E-state index contributed by atoms with van der Waals surface area (Å²) in [4.78, 5) is 0. The number of halogens is 3. The average molecular weight is 291 g/mol. The van der Waals surface area contributed by atoms with Crippen molar-refractivity contribution >= 4 is 33.3 Å². The van der Waals surface area contributed by atoms with Gasteiger partial charge >= 0.3 is 0 Å². The first kappa shape index (κ1) is 10.4. The lowest BCUT2D eigenvalue weighted by Gasteiger charge is -2.04. The highest BCUT2D eigenvalue weighted by molar-refractivity contribution is 9.10. The van der Waals surface area contributed by atoms with Crippen LogP contribution in [0, 0.1) is 5.82 Å². The smallest absolute Gasteiger partial charge is 0.143 e. The maximum atomic E-state index is 13.2. The summed E-state index contributed by atoms with van der Waals surface area (Å²) in [6.45, 7) is 0. The number of nitrogens with zero attached hydrogens (tertiary/aromatic N) is 2. The monoisotopic (exact) mass is 289 g/mol. The van der Waals surface area contributed by atoms with Crippen molar-refractivity contribution in [2.45, 2.75) is 0 Å². The van der Waals surface area contributed by atoms with E-state index in [0.717, 1.165) is 0 Å². The molecule has 0 atom stereocenters. The first-order valence-electron chi connectivity index (χ1n) is 4.04. The Morgan fingerprint density at radius 3 is 2.73 bits per heavy atom. The number of nitrogens with two attached hydrogens (primary N) is 1. The molecule has 15 heavy (non-hydrogen) atoms. The molecule has 0 radical (unpaired) electrons. The standard InChI is InChI=1S/C9H6BrClFN3/c10-6-4-14-15(9(6)13)5-1-2-7(11)8(12)3-5/h1-4H,13H2. The van der Waals surface area contributed by atoms with E-state index in [-0.39, 0.29) is 5.02 Å². The Kier molecular flexibility index (Phi) is 2.67. The van der Waals surface area contributed by atoms with E-state index in [4.69, 9.17) is 17.3 Å². The first-order valence-corrected chi connectivity index (χ1v) is 5.21. The SMILES string of the molecule is Nc1c(Br)cnn1-c1ccc(Cl)c(F)c1. The molecule has 0 aliphatic carbocycles. The number of nitrogen functional groups attached to an aromatic ring is 1. The van der Waals surface area contributed by atoms with Gasteiger partial charge < -0.3 is 5.73 Å². The van der Waals surface area contributed by atoms with Crippen LogP contribution < -0.4 is 5.73 Å². The van der Waals surface area contributed by atoms with E-state index in [2.05, 4.69) is 21.0 Å². The zero-order valence-electron chi connectivity index (χ0n) is 7.42. The Balaban J connectivity index is 2.55. The fraction of sp³-hybridized carbons (Fsp3) is 0. The highest BCUT2D eigenvalue weighted by Gasteiger charge is 2.08. The van der Waals surface area contributed by atoms with E-state index in [9.17, 15) is 4.39 Å². The predicted molar refractivity (Wildman–Crippen MR) is 60.6 cm³/mol. The molecule has 0 saturated carbocycles. The molecule has 0 aliphatic rings. The lowest BCUT2D eigenvalue weighted by molar-refractivity contribution is 0.626. The van der Waals surface area contributed by atoms with Crippen LogP contribution >= 0.6 is 27.5 Å². The molecule has 6 heteroatoms. The van der Waals surface area contributed by atoms with Crippen LogP contribution in [0.4, 0.5) is 10.2 Å². The predicted octanol–water partition coefficient (Wildman–Crippen LogP) is 3.01. The molecule has 2 rings (SSSR count). The van der Waals surface area contributed by atoms with Crippen LogP contribution in [0.25, 0.3) is 5.69 Å². The Morgan fingerprint density at radius 1 is 1.47 bits per heavy atom. The number of hydrogen-bond acceptors (Lipinski definition) is 2. The Morgan fingerprint density at radius 2 is 2.20 bits per heavy atom. The van der Waals surface area contributed by atoms with Crippen LogP contribution in [0.2, 0.25) is 5.02 Å². The summed E-state index contributed by atoms with van der Waals surface area (Å²) in [6.07, 6.45) is 1.54. The van der Waals surface area contributed by atoms with Gasteiger partial charge in [0.1, 0.15) is 11.6 Å². The summed E-state index contributed by atoms with van der Waals surface area (Å²) in [7, 11) is 0. The Labute approximate surface area is 98.8 Å². The minimum atomic E-state index is -0.500. The van der Waals surface area contributed by atoms with Gasteiger partial charge in [0.05, 0.1) is 21.4 Å². The molecule has 78 valence electrons. The topological polar surface area (TPSA) is 43.8 Å². The molecular formula is C9H6BrClFN3. The van der Waals surface area contributed by atoms with Crippen LogP contribution in [0.1, 0.15) is 0 Å². The maximum absolute atomic E-state index is 13.2. The molecule has 0 bridgehead atoms. The summed E-state index contributed by atoms with van der Waals surface area (Å²) in [6, 6.07) is 4.38. The fourth-order valence-electron chi connectivity index (χ4n) is 1.16. The van der Waals surface area contributed by atoms with E-state index >= 15 is 0 Å². The summed E-state index contributed by atoms with van der Waals surface area (Å²) in [5, 5.41) is 4.06. The molecule has 1 heterocycles. The molecule has 1 aromatic carbocycles. The van der Waals surface area contributed by atoms with Crippen molar-refractivity contribution in [1.29, 1.82) is 0 Å². The Bertz CT molecular complexity index is 512. The molecule has 3 nitrogen and oxygen atoms in total. The van der Waals surface area contributed by atoms with Gasteiger partial charge in [0.25, 0.3) is 0 Å². The van der Waals surface area contributed by atoms with Gasteiger partial charge in [0.2, 0.25) is 0 Å². The summed E-state index contributed by atoms with van der Waals surface area (Å²) in [5.74, 6) is -0.0862. The van der Waals surface area contributed by atoms with Gasteiger partial charge in [-0.25, -0.2) is 9.07 Å². The zero-order chi connectivity index (χ0) is 11.0. The lowest BCUT2D eigenvalue weighted by Crippen LogP contribution is -2.02. The van der Waals surface area contributed by atoms with Crippen molar-refractivity contribution in [2.24, 2.45) is 0 Å². The summed E-state index contributed by atoms with van der Waals surface area (Å²) in [5.41, 5.74) is 6.25. The number of benzene rings is 1. The minimum Gasteiger partial charge on any atom is -0.383 e. The van der Waals surface area contributed by atoms with Crippen molar-refractivity contribution < 1.29 is 4.39 Å². The number of anilines is 1. The van der Waals surface area contributed by atoms with Crippen molar-refractivity contribution in [3.05, 3.63) is 39.7 Å². The van der Waals surface area contributed by atoms with Gasteiger partial charge in [-0.1, -0.05) is 11.6 Å². The molecule has 0 amide bonds. The largest absolute Gasteiger partial charge is 0.383 e. The summed E-state index contributed by atoms with van der Waals surface area (Å²) < 4.78 is 15.3. The molecule has 0 fully saturated rings. The first-order chi connectivity index (χ1) is 7.09. The van der Waals surface area contributed by atoms with Gasteiger partial charge in [-0.2, -0.15) is 5.10 Å². The number of hydrogen-bond donors (Lipinski definition) is 1. The highest BCUT2D eigenvalue weighted by atomic mass is 79.9. The van der Waals surface area contributed by atoms with Crippen LogP contribution in [-0.2, 0) is 0 Å². The fourth-order valence-corrected chi connectivity index (χ4v) is 1.54. The van der Waals surface area contributed by atoms with Crippen molar-refractivity contribution in [3.8, 4) is 5.69 Å². The number of rotatable bonds is 1. The molecular weight excluding hydrogens is 284 g/mol. The maximum Gasteiger partial charge on any atom is 0.143 e. The Hall–Kier alpha value is -1.07. The third-order valence-electron chi connectivity index (χ3n) is 1.91. The quantitative estimate of drug-likeness (QED) is 0.877. The zero-order valence-corrected chi connectivity index (χ0v) is 9.76. The van der Waals surface area contributed by atoms with Gasteiger partial charge in [0, 0.05) is 6.07 Å². The van der Waals surface area contributed by atoms with Gasteiger partial charge in [-0.3, -0.25) is 0 Å². The van der Waals surface area contributed by atoms with Crippen LogP contribution in [0.3, 0.4) is 0 Å². The van der Waals surface area contributed by atoms with Crippen molar-refractivity contribution in [1.82, 2.24) is 9.78 Å². The second-order valence-electron chi connectivity index (χ2n) is 2.89. The highest BCUT2D eigenvalue weighted by Crippen LogP contribution is 2.24. The molecule has 0 spiro atoms. The van der Waals surface area contributed by atoms with Crippen LogP contribution in [-0.4, -0.2) is 9.78 Å². The molecule has 0 aliphatic heterocycles. The molecule has 0 unspecified atom stereocenters. The molecule has 2 N–H and O–H groups in total. The molecule has 2 aromatic rings. The van der Waals surface area contributed by atoms with Crippen LogP contribution in [0.15, 0.2) is 28.9 Å². The van der Waals surface area contributed by atoms with E-state index < -0.39 is 5.82 Å². The minimum absolute atomic E-state index is 0.0727. The number of aromatic nitrogens is 2. The second-order valence-corrected chi connectivity index (χ2v) is 4.15. The van der Waals surface area contributed by atoms with Gasteiger partial charge in [-0.15, -0.1) is 0 Å². The van der Waals surface area contributed by atoms with Crippen molar-refractivity contribution in [3.63, 3.8) is 0 Å². The van der Waals surface area contributed by atoms with Gasteiger partial charge in [0.15, 0.2) is 0 Å². The third kappa shape index (κ3) is 1.85. The van der Waals surface area contributed by atoms with Gasteiger partial charge in [-0.05, 0) is 28.1 Å². The summed E-state index contributed by atoms with van der Waals surface area (Å²) >= 11 is 8.79. The normalized spacial score (nSPS) is 10.6. The van der Waals surface area contributed by atoms with E-state index in [0.29, 0.717) is 16.0 Å². The molecule has 1 aromatic heterocycles.